The van der Waals surface area contributed by atoms with E-state index in [4.69, 9.17) is 4.74 Å². The Morgan fingerprint density at radius 2 is 2.17 bits per heavy atom. The van der Waals surface area contributed by atoms with Crippen LogP contribution < -0.4 is 4.74 Å². The van der Waals surface area contributed by atoms with Crippen LogP contribution in [0.15, 0.2) is 42.7 Å². The highest BCUT2D eigenvalue weighted by Crippen LogP contribution is 2.29. The van der Waals surface area contributed by atoms with Crippen molar-refractivity contribution in [2.24, 2.45) is 0 Å². The van der Waals surface area contributed by atoms with E-state index in [0.29, 0.717) is 12.2 Å². The molecule has 1 aliphatic heterocycles. The fourth-order valence-electron chi connectivity index (χ4n) is 2.08. The van der Waals surface area contributed by atoms with Gasteiger partial charge in [0.15, 0.2) is 11.9 Å². The lowest BCUT2D eigenvalue weighted by Crippen LogP contribution is -2.26. The van der Waals surface area contributed by atoms with E-state index in [9.17, 15) is 9.18 Å². The first-order chi connectivity index (χ1) is 8.75. The van der Waals surface area contributed by atoms with E-state index in [0.717, 1.165) is 11.8 Å². The summed E-state index contributed by atoms with van der Waals surface area (Å²) in [5.74, 6) is -0.251. The van der Waals surface area contributed by atoms with Crippen molar-refractivity contribution in [1.82, 2.24) is 4.98 Å². The average Bonchev–Trinajstić information content (AvgIpc) is 2.82. The number of Topliss-reactive ketones (excluding diaryl/α,β-unsaturated/α-hetero) is 1. The third kappa shape index (κ3) is 1.76. The Morgan fingerprint density at radius 1 is 1.33 bits per heavy atom. The normalized spacial score (nSPS) is 17.1. The Kier molecular flexibility index (Phi) is 2.55. The number of hydrogen-bond acceptors (Lipinski definition) is 3. The number of pyridine rings is 1. The Bertz CT molecular complexity index is 587. The zero-order chi connectivity index (χ0) is 12.5. The molecule has 2 heterocycles. The number of ketones is 1. The van der Waals surface area contributed by atoms with Crippen LogP contribution in [0.25, 0.3) is 0 Å². The number of halogens is 1. The van der Waals surface area contributed by atoms with Gasteiger partial charge in [0, 0.05) is 12.6 Å². The third-order valence-electron chi connectivity index (χ3n) is 2.98. The van der Waals surface area contributed by atoms with Crippen LogP contribution in [0.4, 0.5) is 4.39 Å². The summed E-state index contributed by atoms with van der Waals surface area (Å²) in [5.41, 5.74) is 1.01. The lowest BCUT2D eigenvalue weighted by molar-refractivity contribution is 0.0820. The molecule has 3 nitrogen and oxygen atoms in total. The molecule has 1 aliphatic rings. The van der Waals surface area contributed by atoms with Gasteiger partial charge in [-0.15, -0.1) is 0 Å². The topological polar surface area (TPSA) is 39.2 Å². The van der Waals surface area contributed by atoms with Gasteiger partial charge in [-0.2, -0.15) is 0 Å². The van der Waals surface area contributed by atoms with Crippen LogP contribution in [0.5, 0.6) is 5.75 Å². The molecule has 90 valence electrons. The molecule has 0 N–H and O–H groups in total. The summed E-state index contributed by atoms with van der Waals surface area (Å²) in [6.45, 7) is 0. The number of nitrogens with zero attached hydrogens (tertiary/aromatic N) is 1. The number of ether oxygens (including phenoxy) is 1. The van der Waals surface area contributed by atoms with Crippen LogP contribution in [0.1, 0.15) is 15.9 Å². The van der Waals surface area contributed by atoms with Gasteiger partial charge in [-0.3, -0.25) is 9.78 Å². The summed E-state index contributed by atoms with van der Waals surface area (Å²) in [6, 6.07) is 8.84. The quantitative estimate of drug-likeness (QED) is 0.760. The molecule has 1 unspecified atom stereocenters. The molecule has 0 spiro atoms. The molecule has 2 aromatic rings. The summed E-state index contributed by atoms with van der Waals surface area (Å²) in [5, 5.41) is 0. The standard InChI is InChI=1S/C14H10FNO2/c15-11-8-16-6-5-10(11)14(17)13-7-9-3-1-2-4-12(9)18-13/h1-6,8,13H,7H2. The van der Waals surface area contributed by atoms with Crippen molar-refractivity contribution in [2.45, 2.75) is 12.5 Å². The van der Waals surface area contributed by atoms with Crippen molar-refractivity contribution in [3.63, 3.8) is 0 Å². The van der Waals surface area contributed by atoms with Gasteiger partial charge in [-0.05, 0) is 17.7 Å². The van der Waals surface area contributed by atoms with E-state index in [2.05, 4.69) is 4.98 Å². The Hall–Kier alpha value is -2.23. The molecule has 1 aromatic carbocycles. The highest BCUT2D eigenvalue weighted by atomic mass is 19.1. The van der Waals surface area contributed by atoms with Gasteiger partial charge < -0.3 is 4.74 Å². The van der Waals surface area contributed by atoms with Gasteiger partial charge in [0.1, 0.15) is 5.75 Å². The number of carbonyl (C=O) groups is 1. The maximum Gasteiger partial charge on any atom is 0.206 e. The van der Waals surface area contributed by atoms with E-state index in [1.807, 2.05) is 24.3 Å². The summed E-state index contributed by atoms with van der Waals surface area (Å²) in [4.78, 5) is 15.8. The molecule has 0 radical (unpaired) electrons. The highest BCUT2D eigenvalue weighted by molar-refractivity contribution is 6.00. The van der Waals surface area contributed by atoms with E-state index in [1.54, 1.807) is 0 Å². The predicted octanol–water partition coefficient (Wildman–Crippen LogP) is 2.41. The minimum absolute atomic E-state index is 0.0304. The summed E-state index contributed by atoms with van der Waals surface area (Å²) in [7, 11) is 0. The molecule has 0 saturated carbocycles. The molecule has 3 rings (SSSR count). The predicted molar refractivity (Wildman–Crippen MR) is 63.1 cm³/mol. The highest BCUT2D eigenvalue weighted by Gasteiger charge is 2.30. The van der Waals surface area contributed by atoms with E-state index < -0.39 is 11.9 Å². The molecular formula is C14H10FNO2. The van der Waals surface area contributed by atoms with Crippen LogP contribution in [-0.4, -0.2) is 16.9 Å². The van der Waals surface area contributed by atoms with Crippen molar-refractivity contribution in [3.8, 4) is 5.75 Å². The van der Waals surface area contributed by atoms with Gasteiger partial charge in [0.05, 0.1) is 11.8 Å². The maximum atomic E-state index is 13.5. The van der Waals surface area contributed by atoms with Gasteiger partial charge in [-0.1, -0.05) is 18.2 Å². The minimum Gasteiger partial charge on any atom is -0.482 e. The van der Waals surface area contributed by atoms with E-state index in [-0.39, 0.29) is 11.3 Å². The van der Waals surface area contributed by atoms with Crippen LogP contribution in [0.2, 0.25) is 0 Å². The van der Waals surface area contributed by atoms with Crippen molar-refractivity contribution >= 4 is 5.78 Å². The van der Waals surface area contributed by atoms with Gasteiger partial charge >= 0.3 is 0 Å². The number of benzene rings is 1. The van der Waals surface area contributed by atoms with Crippen LogP contribution in [-0.2, 0) is 6.42 Å². The SMILES string of the molecule is O=C(c1ccncc1F)C1Cc2ccccc2O1. The second-order valence-electron chi connectivity index (χ2n) is 4.14. The largest absolute Gasteiger partial charge is 0.482 e. The average molecular weight is 243 g/mol. The summed E-state index contributed by atoms with van der Waals surface area (Å²) >= 11 is 0. The summed E-state index contributed by atoms with van der Waals surface area (Å²) in [6.07, 6.45) is 2.28. The smallest absolute Gasteiger partial charge is 0.206 e. The Labute approximate surface area is 103 Å². The first-order valence-corrected chi connectivity index (χ1v) is 5.64. The Balaban J connectivity index is 1.87. The van der Waals surface area contributed by atoms with Crippen molar-refractivity contribution in [2.75, 3.05) is 0 Å². The molecule has 18 heavy (non-hydrogen) atoms. The van der Waals surface area contributed by atoms with Crippen LogP contribution >= 0.6 is 0 Å². The van der Waals surface area contributed by atoms with Crippen molar-refractivity contribution in [3.05, 3.63) is 59.7 Å². The van der Waals surface area contributed by atoms with E-state index >= 15 is 0 Å². The number of carbonyl (C=O) groups excluding carboxylic acids is 1. The molecule has 0 aliphatic carbocycles. The monoisotopic (exact) mass is 243 g/mol. The van der Waals surface area contributed by atoms with Gasteiger partial charge in [0.25, 0.3) is 0 Å². The summed E-state index contributed by atoms with van der Waals surface area (Å²) < 4.78 is 19.0. The number of hydrogen-bond donors (Lipinski definition) is 0. The molecule has 4 heteroatoms. The lowest BCUT2D eigenvalue weighted by atomic mass is 10.0. The molecule has 0 amide bonds. The molecule has 1 atom stereocenters. The number of aromatic nitrogens is 1. The van der Waals surface area contributed by atoms with Gasteiger partial charge in [-0.25, -0.2) is 4.39 Å². The first kappa shape index (κ1) is 10.9. The van der Waals surface area contributed by atoms with E-state index in [1.165, 1.54) is 12.3 Å². The molecule has 0 fully saturated rings. The molecule has 0 saturated heterocycles. The van der Waals surface area contributed by atoms with Crippen LogP contribution in [0.3, 0.4) is 0 Å². The van der Waals surface area contributed by atoms with Crippen molar-refractivity contribution < 1.29 is 13.9 Å². The van der Waals surface area contributed by atoms with Crippen LogP contribution in [0, 0.1) is 5.82 Å². The molecule has 0 bridgehead atoms. The zero-order valence-electron chi connectivity index (χ0n) is 9.47. The van der Waals surface area contributed by atoms with Gasteiger partial charge in [0.2, 0.25) is 5.78 Å². The fourth-order valence-corrected chi connectivity index (χ4v) is 2.08. The first-order valence-electron chi connectivity index (χ1n) is 5.64. The fraction of sp³-hybridized carbons (Fsp3) is 0.143. The second-order valence-corrected chi connectivity index (χ2v) is 4.14. The third-order valence-corrected chi connectivity index (χ3v) is 2.98. The zero-order valence-corrected chi connectivity index (χ0v) is 9.47. The number of para-hydroxylation sites is 1. The minimum atomic E-state index is -0.640. The lowest BCUT2D eigenvalue weighted by Gasteiger charge is -2.09. The second kappa shape index (κ2) is 4.22. The molecule has 1 aromatic heterocycles. The number of fused-ring (bicyclic) bond motifs is 1. The Morgan fingerprint density at radius 3 is 2.94 bits per heavy atom. The van der Waals surface area contributed by atoms with Crippen molar-refractivity contribution in [1.29, 1.82) is 0 Å². The molecular weight excluding hydrogens is 233 g/mol. The maximum absolute atomic E-state index is 13.5. The number of rotatable bonds is 2.